The van der Waals surface area contributed by atoms with E-state index in [4.69, 9.17) is 11.6 Å². The molecule has 0 radical (unpaired) electrons. The summed E-state index contributed by atoms with van der Waals surface area (Å²) in [5.74, 6) is -1.11. The van der Waals surface area contributed by atoms with Crippen LogP contribution < -0.4 is 0 Å². The van der Waals surface area contributed by atoms with Crippen molar-refractivity contribution in [3.63, 3.8) is 0 Å². The number of halogens is 3. The third kappa shape index (κ3) is 2.27. The van der Waals surface area contributed by atoms with Crippen LogP contribution in [-0.4, -0.2) is 6.29 Å². The highest BCUT2D eigenvalue weighted by Gasteiger charge is 2.13. The van der Waals surface area contributed by atoms with E-state index in [1.165, 1.54) is 25.1 Å². The van der Waals surface area contributed by atoms with Gasteiger partial charge in [0, 0.05) is 16.1 Å². The summed E-state index contributed by atoms with van der Waals surface area (Å²) in [6.45, 7) is 1.47. The van der Waals surface area contributed by atoms with Crippen LogP contribution in [0.4, 0.5) is 8.78 Å². The fourth-order valence-corrected chi connectivity index (χ4v) is 1.89. The molecule has 0 amide bonds. The third-order valence-corrected chi connectivity index (χ3v) is 2.92. The molecule has 0 heterocycles. The fourth-order valence-electron chi connectivity index (χ4n) is 1.72. The van der Waals surface area contributed by atoms with Crippen molar-refractivity contribution in [3.05, 3.63) is 58.1 Å². The Morgan fingerprint density at radius 2 is 1.78 bits per heavy atom. The minimum Gasteiger partial charge on any atom is -0.298 e. The Morgan fingerprint density at radius 3 is 2.44 bits per heavy atom. The van der Waals surface area contributed by atoms with Gasteiger partial charge in [0.2, 0.25) is 0 Å². The fraction of sp³-hybridized carbons (Fsp3) is 0.0714. The maximum absolute atomic E-state index is 13.8. The quantitative estimate of drug-likeness (QED) is 0.736. The Kier molecular flexibility index (Phi) is 3.43. The van der Waals surface area contributed by atoms with Crippen LogP contribution in [0.2, 0.25) is 5.02 Å². The first-order valence-electron chi connectivity index (χ1n) is 5.23. The van der Waals surface area contributed by atoms with Gasteiger partial charge in [-0.1, -0.05) is 11.6 Å². The number of hydrogen-bond donors (Lipinski definition) is 0. The maximum Gasteiger partial charge on any atom is 0.150 e. The van der Waals surface area contributed by atoms with Gasteiger partial charge in [0.1, 0.15) is 11.6 Å². The molecule has 4 heteroatoms. The van der Waals surface area contributed by atoms with Crippen molar-refractivity contribution >= 4 is 17.9 Å². The molecule has 2 rings (SSSR count). The Labute approximate surface area is 108 Å². The molecule has 0 saturated heterocycles. The van der Waals surface area contributed by atoms with E-state index in [1.807, 2.05) is 0 Å². The number of aryl methyl sites for hydroxylation is 1. The number of carbonyl (C=O) groups is 1. The number of aldehydes is 1. The van der Waals surface area contributed by atoms with Crippen LogP contribution >= 0.6 is 11.6 Å². The summed E-state index contributed by atoms with van der Waals surface area (Å²) in [4.78, 5) is 10.9. The van der Waals surface area contributed by atoms with E-state index >= 15 is 0 Å². The van der Waals surface area contributed by atoms with Crippen molar-refractivity contribution in [2.24, 2.45) is 0 Å². The summed E-state index contributed by atoms with van der Waals surface area (Å²) < 4.78 is 27.3. The van der Waals surface area contributed by atoms with E-state index in [0.717, 1.165) is 12.1 Å². The minimum atomic E-state index is -0.584. The Balaban J connectivity index is 2.72. The third-order valence-electron chi connectivity index (χ3n) is 2.68. The predicted molar refractivity (Wildman–Crippen MR) is 66.9 cm³/mol. The van der Waals surface area contributed by atoms with Gasteiger partial charge >= 0.3 is 0 Å². The van der Waals surface area contributed by atoms with E-state index in [-0.39, 0.29) is 22.3 Å². The van der Waals surface area contributed by atoms with Crippen LogP contribution in [0.3, 0.4) is 0 Å². The number of carbonyl (C=O) groups excluding carboxylic acids is 1. The average molecular weight is 267 g/mol. The number of benzene rings is 2. The molecular formula is C14H9ClF2O. The molecule has 18 heavy (non-hydrogen) atoms. The van der Waals surface area contributed by atoms with Crippen molar-refractivity contribution in [3.8, 4) is 11.1 Å². The molecule has 0 atom stereocenters. The number of rotatable bonds is 2. The zero-order valence-electron chi connectivity index (χ0n) is 9.51. The predicted octanol–water partition coefficient (Wildman–Crippen LogP) is 4.41. The Morgan fingerprint density at radius 1 is 1.06 bits per heavy atom. The van der Waals surface area contributed by atoms with Crippen LogP contribution in [0.25, 0.3) is 11.1 Å². The average Bonchev–Trinajstić information content (AvgIpc) is 2.34. The van der Waals surface area contributed by atoms with Gasteiger partial charge in [-0.25, -0.2) is 8.78 Å². The molecule has 0 aromatic heterocycles. The second-order valence-corrected chi connectivity index (χ2v) is 4.37. The highest BCUT2D eigenvalue weighted by atomic mass is 35.5. The second-order valence-electron chi connectivity index (χ2n) is 3.93. The van der Waals surface area contributed by atoms with E-state index in [1.54, 1.807) is 0 Å². The molecule has 92 valence electrons. The summed E-state index contributed by atoms with van der Waals surface area (Å²) in [5, 5.41) is 0.357. The normalized spacial score (nSPS) is 10.4. The van der Waals surface area contributed by atoms with Crippen LogP contribution in [0.1, 0.15) is 15.9 Å². The lowest BCUT2D eigenvalue weighted by atomic mass is 9.98. The Hall–Kier alpha value is -1.74. The van der Waals surface area contributed by atoms with Gasteiger partial charge in [-0.05, 0) is 48.4 Å². The van der Waals surface area contributed by atoms with Crippen molar-refractivity contribution in [2.75, 3.05) is 0 Å². The van der Waals surface area contributed by atoms with Crippen molar-refractivity contribution < 1.29 is 13.6 Å². The van der Waals surface area contributed by atoms with Gasteiger partial charge < -0.3 is 0 Å². The first-order valence-corrected chi connectivity index (χ1v) is 5.61. The summed E-state index contributed by atoms with van der Waals surface area (Å²) >= 11 is 5.81. The molecule has 0 saturated carbocycles. The second kappa shape index (κ2) is 4.86. The molecule has 2 aromatic rings. The topological polar surface area (TPSA) is 17.1 Å². The summed E-state index contributed by atoms with van der Waals surface area (Å²) in [6, 6.07) is 6.61. The van der Waals surface area contributed by atoms with Gasteiger partial charge in [0.05, 0.1) is 0 Å². The molecule has 0 aliphatic carbocycles. The van der Waals surface area contributed by atoms with Crippen molar-refractivity contribution in [1.29, 1.82) is 0 Å². The SMILES string of the molecule is Cc1cc(F)c(-c2cc(Cl)ccc2C=O)cc1F. The first kappa shape index (κ1) is 12.7. The number of hydrogen-bond acceptors (Lipinski definition) is 1. The minimum absolute atomic E-state index is 0.0303. The molecular weight excluding hydrogens is 258 g/mol. The van der Waals surface area contributed by atoms with Crippen LogP contribution in [0, 0.1) is 18.6 Å². The maximum atomic E-state index is 13.8. The molecule has 0 fully saturated rings. The summed E-state index contributed by atoms with van der Waals surface area (Å²) in [5.41, 5.74) is 0.795. The van der Waals surface area contributed by atoms with Crippen LogP contribution in [0.5, 0.6) is 0 Å². The zero-order valence-corrected chi connectivity index (χ0v) is 10.3. The van der Waals surface area contributed by atoms with Crippen molar-refractivity contribution in [2.45, 2.75) is 6.92 Å². The molecule has 0 spiro atoms. The van der Waals surface area contributed by atoms with Gasteiger partial charge in [-0.2, -0.15) is 0 Å². The highest BCUT2D eigenvalue weighted by molar-refractivity contribution is 6.31. The lowest BCUT2D eigenvalue weighted by Gasteiger charge is -2.08. The molecule has 2 aromatic carbocycles. The lowest BCUT2D eigenvalue weighted by molar-refractivity contribution is 0.112. The Bertz CT molecular complexity index is 623. The summed E-state index contributed by atoms with van der Waals surface area (Å²) in [7, 11) is 0. The largest absolute Gasteiger partial charge is 0.298 e. The van der Waals surface area contributed by atoms with E-state index < -0.39 is 11.6 Å². The monoisotopic (exact) mass is 266 g/mol. The molecule has 0 aliphatic heterocycles. The highest BCUT2D eigenvalue weighted by Crippen LogP contribution is 2.30. The molecule has 0 unspecified atom stereocenters. The smallest absolute Gasteiger partial charge is 0.150 e. The van der Waals surface area contributed by atoms with Crippen molar-refractivity contribution in [1.82, 2.24) is 0 Å². The van der Waals surface area contributed by atoms with Crippen LogP contribution in [-0.2, 0) is 0 Å². The zero-order chi connectivity index (χ0) is 13.3. The van der Waals surface area contributed by atoms with Gasteiger partial charge in [-0.3, -0.25) is 4.79 Å². The molecule has 0 N–H and O–H groups in total. The molecule has 0 bridgehead atoms. The standard InChI is InChI=1S/C14H9ClF2O/c1-8-4-14(17)12(6-13(8)16)11-5-10(15)3-2-9(11)7-18/h2-7H,1H3. The molecule has 0 aliphatic rings. The van der Waals surface area contributed by atoms with Gasteiger partial charge in [-0.15, -0.1) is 0 Å². The van der Waals surface area contributed by atoms with Gasteiger partial charge in [0.25, 0.3) is 0 Å². The first-order chi connectivity index (χ1) is 8.52. The summed E-state index contributed by atoms with van der Waals surface area (Å²) in [6.07, 6.45) is 0.586. The lowest BCUT2D eigenvalue weighted by Crippen LogP contribution is -1.94. The van der Waals surface area contributed by atoms with Crippen LogP contribution in [0.15, 0.2) is 30.3 Å². The van der Waals surface area contributed by atoms with E-state index in [0.29, 0.717) is 11.3 Å². The van der Waals surface area contributed by atoms with E-state index in [9.17, 15) is 13.6 Å². The van der Waals surface area contributed by atoms with Gasteiger partial charge in [0.15, 0.2) is 6.29 Å². The molecule has 1 nitrogen and oxygen atoms in total. The van der Waals surface area contributed by atoms with E-state index in [2.05, 4.69) is 0 Å².